The van der Waals surface area contributed by atoms with Crippen LogP contribution in [0.25, 0.3) is 0 Å². The van der Waals surface area contributed by atoms with Gasteiger partial charge < -0.3 is 20.9 Å². The minimum Gasteiger partial charge on any atom is -0.768 e. The van der Waals surface area contributed by atoms with Crippen LogP contribution in [-0.4, -0.2) is 55.5 Å². The molecule has 3 rings (SSSR count). The van der Waals surface area contributed by atoms with Crippen molar-refractivity contribution in [1.82, 2.24) is 4.90 Å². The largest absolute Gasteiger partial charge is 0.768 e. The van der Waals surface area contributed by atoms with E-state index >= 15 is 0 Å². The van der Waals surface area contributed by atoms with Crippen LogP contribution in [0.5, 0.6) is 0 Å². The summed E-state index contributed by atoms with van der Waals surface area (Å²) in [7, 11) is 1.50. The number of hydrogen-bond donors (Lipinski definition) is 3. The van der Waals surface area contributed by atoms with Gasteiger partial charge in [-0.05, 0) is 61.5 Å². The molecule has 0 aromatic heterocycles. The van der Waals surface area contributed by atoms with Crippen LogP contribution >= 0.6 is 11.8 Å². The molecule has 4 N–H and O–H groups in total. The summed E-state index contributed by atoms with van der Waals surface area (Å²) < 4.78 is 21.7. The summed E-state index contributed by atoms with van der Waals surface area (Å²) in [5.74, 6) is -1.64. The Balaban J connectivity index is 0.00000187. The van der Waals surface area contributed by atoms with Gasteiger partial charge in [-0.25, -0.2) is 0 Å². The van der Waals surface area contributed by atoms with Crippen molar-refractivity contribution in [1.29, 1.82) is 0 Å². The average Bonchev–Trinajstić information content (AvgIpc) is 3.04. The fourth-order valence-electron chi connectivity index (χ4n) is 2.78. The third-order valence-electron chi connectivity index (χ3n) is 4.34. The van der Waals surface area contributed by atoms with E-state index in [0.29, 0.717) is 23.1 Å². The summed E-state index contributed by atoms with van der Waals surface area (Å²) in [5, 5.41) is 3.66. The number of imide groups is 1. The SMILES string of the molecule is CN.Cc1ccc(NC(=O)CC2SC(=O)N(CC(=O)Nc3ccc(S(=O)[O-])cc3)C2=O)cc1. The molecule has 4 amide bonds. The Morgan fingerprint density at radius 2 is 1.52 bits per heavy atom. The monoisotopic (exact) mass is 491 g/mol. The lowest BCUT2D eigenvalue weighted by atomic mass is 10.2. The highest BCUT2D eigenvalue weighted by molar-refractivity contribution is 8.15. The summed E-state index contributed by atoms with van der Waals surface area (Å²) in [6, 6.07) is 12.5. The molecule has 2 aromatic carbocycles. The van der Waals surface area contributed by atoms with Crippen LogP contribution < -0.4 is 16.4 Å². The first-order valence-corrected chi connectivity index (χ1v) is 11.6. The van der Waals surface area contributed by atoms with Crippen molar-refractivity contribution in [3.63, 3.8) is 0 Å². The Hall–Kier alpha value is -3.06. The van der Waals surface area contributed by atoms with Gasteiger partial charge >= 0.3 is 0 Å². The van der Waals surface area contributed by atoms with Gasteiger partial charge in [0.15, 0.2) is 0 Å². The zero-order chi connectivity index (χ0) is 24.5. The molecule has 0 radical (unpaired) electrons. The highest BCUT2D eigenvalue weighted by Crippen LogP contribution is 2.29. The van der Waals surface area contributed by atoms with Crippen molar-refractivity contribution in [3.05, 3.63) is 54.1 Å². The first-order valence-electron chi connectivity index (χ1n) is 9.68. The van der Waals surface area contributed by atoms with Crippen LogP contribution in [0.1, 0.15) is 12.0 Å². The van der Waals surface area contributed by atoms with Crippen LogP contribution in [0.15, 0.2) is 53.4 Å². The maximum absolute atomic E-state index is 12.5. The number of nitrogens with one attached hydrogen (secondary N) is 2. The third kappa shape index (κ3) is 7.49. The molecular formula is C21H23N4O6S2-. The minimum atomic E-state index is -2.38. The number of rotatable bonds is 7. The molecule has 1 aliphatic heterocycles. The highest BCUT2D eigenvalue weighted by atomic mass is 32.2. The van der Waals surface area contributed by atoms with E-state index < -0.39 is 45.8 Å². The molecule has 0 spiro atoms. The number of amides is 4. The van der Waals surface area contributed by atoms with Crippen molar-refractivity contribution in [3.8, 4) is 0 Å². The van der Waals surface area contributed by atoms with Gasteiger partial charge in [0.1, 0.15) is 11.8 Å². The first-order chi connectivity index (χ1) is 15.7. The minimum absolute atomic E-state index is 0.0612. The van der Waals surface area contributed by atoms with Crippen molar-refractivity contribution in [2.75, 3.05) is 24.2 Å². The maximum atomic E-state index is 12.5. The second-order valence-corrected chi connectivity index (χ2v) is 8.82. The van der Waals surface area contributed by atoms with Crippen molar-refractivity contribution in [2.45, 2.75) is 23.5 Å². The van der Waals surface area contributed by atoms with Gasteiger partial charge in [0.25, 0.3) is 5.24 Å². The van der Waals surface area contributed by atoms with Gasteiger partial charge in [-0.3, -0.25) is 28.3 Å². The number of nitrogens with zero attached hydrogens (tertiary/aromatic N) is 1. The van der Waals surface area contributed by atoms with Crippen LogP contribution in [0.4, 0.5) is 16.2 Å². The summed E-state index contributed by atoms with van der Waals surface area (Å²) in [4.78, 5) is 50.0. The number of nitrogens with two attached hydrogens (primary N) is 1. The molecule has 1 saturated heterocycles. The van der Waals surface area contributed by atoms with Gasteiger partial charge in [0, 0.05) is 22.7 Å². The molecule has 2 atom stereocenters. The molecule has 2 aromatic rings. The molecule has 33 heavy (non-hydrogen) atoms. The Bertz CT molecular complexity index is 1040. The van der Waals surface area contributed by atoms with Crippen LogP contribution in [0.2, 0.25) is 0 Å². The van der Waals surface area contributed by atoms with Gasteiger partial charge in [0.2, 0.25) is 17.7 Å². The predicted molar refractivity (Wildman–Crippen MR) is 125 cm³/mol. The summed E-state index contributed by atoms with van der Waals surface area (Å²) in [5.41, 5.74) is 6.44. The Labute approximate surface area is 197 Å². The smallest absolute Gasteiger partial charge is 0.289 e. The summed E-state index contributed by atoms with van der Waals surface area (Å²) in [6.45, 7) is 1.41. The number of thioether (sulfide) groups is 1. The molecule has 176 valence electrons. The zero-order valence-corrected chi connectivity index (χ0v) is 19.5. The predicted octanol–water partition coefficient (Wildman–Crippen LogP) is 1.84. The second kappa shape index (κ2) is 12.3. The van der Waals surface area contributed by atoms with E-state index in [2.05, 4.69) is 16.4 Å². The molecule has 0 aliphatic carbocycles. The molecule has 1 fully saturated rings. The molecule has 10 nitrogen and oxygen atoms in total. The fraction of sp³-hybridized carbons (Fsp3) is 0.238. The average molecular weight is 492 g/mol. The van der Waals surface area contributed by atoms with Crippen LogP contribution in [0, 0.1) is 6.92 Å². The zero-order valence-electron chi connectivity index (χ0n) is 17.9. The number of aryl methyl sites for hydroxylation is 1. The van der Waals surface area contributed by atoms with E-state index in [1.807, 2.05) is 19.1 Å². The Morgan fingerprint density at radius 1 is 1.00 bits per heavy atom. The van der Waals surface area contributed by atoms with Crippen LogP contribution in [0.3, 0.4) is 0 Å². The van der Waals surface area contributed by atoms with E-state index in [1.165, 1.54) is 31.3 Å². The number of benzene rings is 2. The van der Waals surface area contributed by atoms with Gasteiger partial charge in [-0.15, -0.1) is 0 Å². The fourth-order valence-corrected chi connectivity index (χ4v) is 4.13. The lowest BCUT2D eigenvalue weighted by Crippen LogP contribution is -2.38. The second-order valence-electron chi connectivity index (χ2n) is 6.72. The van der Waals surface area contributed by atoms with Gasteiger partial charge in [-0.1, -0.05) is 29.5 Å². The van der Waals surface area contributed by atoms with Gasteiger partial charge in [-0.2, -0.15) is 0 Å². The lowest BCUT2D eigenvalue weighted by molar-refractivity contribution is -0.131. The molecule has 1 heterocycles. The van der Waals surface area contributed by atoms with Crippen molar-refractivity contribution in [2.24, 2.45) is 5.73 Å². The number of hydrogen-bond acceptors (Lipinski definition) is 8. The summed E-state index contributed by atoms with van der Waals surface area (Å²) in [6.07, 6.45) is -0.199. The van der Waals surface area contributed by atoms with E-state index in [0.717, 1.165) is 10.5 Å². The Kier molecular flexibility index (Phi) is 9.73. The van der Waals surface area contributed by atoms with E-state index in [1.54, 1.807) is 12.1 Å². The summed E-state index contributed by atoms with van der Waals surface area (Å²) >= 11 is -1.68. The number of carbonyl (C=O) groups excluding carboxylic acids is 4. The molecule has 0 saturated carbocycles. The molecule has 1 aliphatic rings. The number of carbonyl (C=O) groups is 4. The molecular weight excluding hydrogens is 468 g/mol. The maximum Gasteiger partial charge on any atom is 0.289 e. The highest BCUT2D eigenvalue weighted by Gasteiger charge is 2.41. The Morgan fingerprint density at radius 3 is 2.06 bits per heavy atom. The molecule has 12 heteroatoms. The lowest BCUT2D eigenvalue weighted by Gasteiger charge is -2.14. The molecule has 0 bridgehead atoms. The van der Waals surface area contributed by atoms with E-state index in [-0.39, 0.29) is 11.3 Å². The quantitative estimate of drug-likeness (QED) is 0.494. The van der Waals surface area contributed by atoms with E-state index in [4.69, 9.17) is 0 Å². The first kappa shape index (κ1) is 26.2. The standard InChI is InChI=1S/C20H19N3O6S2.CH5N/c1-12-2-4-13(5-3-12)21-17(24)10-16-19(26)23(20(27)30-16)11-18(25)22-14-6-8-15(9-7-14)31(28)29;1-2/h2-9,16H,10-11H2,1H3,(H,21,24)(H,22,25)(H,28,29);2H2,1H3/p-1. The van der Waals surface area contributed by atoms with Crippen molar-refractivity contribution < 1.29 is 27.9 Å². The number of anilines is 2. The van der Waals surface area contributed by atoms with Crippen molar-refractivity contribution >= 4 is 57.2 Å². The third-order valence-corrected chi connectivity index (χ3v) is 6.08. The van der Waals surface area contributed by atoms with Gasteiger partial charge in [0.05, 0.1) is 0 Å². The topological polar surface area (TPSA) is 162 Å². The van der Waals surface area contributed by atoms with Crippen LogP contribution in [-0.2, 0) is 25.5 Å². The molecule has 2 unspecified atom stereocenters. The van der Waals surface area contributed by atoms with E-state index in [9.17, 15) is 27.9 Å². The normalized spacial score (nSPS) is 16.0.